The monoisotopic (exact) mass is 296 g/mol. The maximum absolute atomic E-state index is 10.8. The predicted molar refractivity (Wildman–Crippen MR) is 71.4 cm³/mol. The van der Waals surface area contributed by atoms with Crippen LogP contribution in [0.15, 0.2) is 16.7 Å². The summed E-state index contributed by atoms with van der Waals surface area (Å²) >= 11 is 6.06. The molecule has 0 fully saturated rings. The summed E-state index contributed by atoms with van der Waals surface area (Å²) in [6.45, 7) is 2.01. The smallest absolute Gasteiger partial charge is 0.226 e. The Morgan fingerprint density at radius 2 is 2.25 bits per heavy atom. The molecule has 2 aromatic rings. The Hall–Kier alpha value is -2.08. The van der Waals surface area contributed by atoms with E-state index in [2.05, 4.69) is 10.1 Å². The molecule has 0 aliphatic carbocycles. The number of nitrogens with zero attached hydrogens (tertiary/aromatic N) is 2. The van der Waals surface area contributed by atoms with Gasteiger partial charge in [-0.1, -0.05) is 23.7 Å². The molecule has 0 bridgehead atoms. The van der Waals surface area contributed by atoms with E-state index in [9.17, 15) is 4.79 Å². The van der Waals surface area contributed by atoms with Crippen molar-refractivity contribution < 1.29 is 18.8 Å². The van der Waals surface area contributed by atoms with Gasteiger partial charge in [0, 0.05) is 12.0 Å². The van der Waals surface area contributed by atoms with Gasteiger partial charge >= 0.3 is 0 Å². The predicted octanol–water partition coefficient (Wildman–Crippen LogP) is 2.69. The molecule has 1 aromatic carbocycles. The molecule has 0 N–H and O–H groups in total. The lowest BCUT2D eigenvalue weighted by Crippen LogP contribution is -2.01. The maximum atomic E-state index is 10.8. The second kappa shape index (κ2) is 6.38. The minimum Gasteiger partial charge on any atom is -0.493 e. The number of hydrogen-bond donors (Lipinski definition) is 0. The standard InChI is InChI=1S/C13H13ClN2O4/c1-3-12-15-11(16-20-12)7-19-13-9(14)4-8(6-17)5-10(13)18-2/h4-6H,3,7H2,1-2H3. The summed E-state index contributed by atoms with van der Waals surface area (Å²) in [6, 6.07) is 3.04. The lowest BCUT2D eigenvalue weighted by Gasteiger charge is -2.11. The number of aldehydes is 1. The van der Waals surface area contributed by atoms with Crippen LogP contribution < -0.4 is 9.47 Å². The van der Waals surface area contributed by atoms with Crippen LogP contribution in [0.3, 0.4) is 0 Å². The molecular weight excluding hydrogens is 284 g/mol. The van der Waals surface area contributed by atoms with Gasteiger partial charge in [0.2, 0.25) is 11.7 Å². The highest BCUT2D eigenvalue weighted by molar-refractivity contribution is 6.32. The van der Waals surface area contributed by atoms with Gasteiger partial charge in [-0.05, 0) is 12.1 Å². The quantitative estimate of drug-likeness (QED) is 0.763. The molecule has 0 spiro atoms. The van der Waals surface area contributed by atoms with Crippen LogP contribution in [0, 0.1) is 0 Å². The third-order valence-electron chi connectivity index (χ3n) is 2.55. The van der Waals surface area contributed by atoms with Crippen LogP contribution in [0.2, 0.25) is 5.02 Å². The first kappa shape index (κ1) is 14.3. The van der Waals surface area contributed by atoms with Crippen LogP contribution in [0.4, 0.5) is 0 Å². The number of carbonyl (C=O) groups excluding carboxylic acids is 1. The van der Waals surface area contributed by atoms with E-state index in [1.807, 2.05) is 6.92 Å². The van der Waals surface area contributed by atoms with Crippen LogP contribution in [0.5, 0.6) is 11.5 Å². The molecule has 0 unspecified atom stereocenters. The van der Waals surface area contributed by atoms with Crippen molar-refractivity contribution in [3.05, 3.63) is 34.4 Å². The van der Waals surface area contributed by atoms with Crippen molar-refractivity contribution >= 4 is 17.9 Å². The fourth-order valence-electron chi connectivity index (χ4n) is 1.58. The summed E-state index contributed by atoms with van der Waals surface area (Å²) in [4.78, 5) is 14.9. The van der Waals surface area contributed by atoms with Crippen molar-refractivity contribution in [1.82, 2.24) is 10.1 Å². The first-order valence-corrected chi connectivity index (χ1v) is 6.32. The summed E-state index contributed by atoms with van der Waals surface area (Å²) < 4.78 is 15.7. The van der Waals surface area contributed by atoms with Crippen LogP contribution in [-0.4, -0.2) is 23.5 Å². The van der Waals surface area contributed by atoms with Crippen molar-refractivity contribution in [1.29, 1.82) is 0 Å². The van der Waals surface area contributed by atoms with Crippen molar-refractivity contribution in [2.45, 2.75) is 20.0 Å². The Morgan fingerprint density at radius 1 is 1.45 bits per heavy atom. The van der Waals surface area contributed by atoms with Gasteiger partial charge in [-0.25, -0.2) is 0 Å². The lowest BCUT2D eigenvalue weighted by atomic mass is 10.2. The molecule has 0 radical (unpaired) electrons. The highest BCUT2D eigenvalue weighted by Gasteiger charge is 2.13. The summed E-state index contributed by atoms with van der Waals surface area (Å²) in [5.74, 6) is 1.67. The molecule has 1 heterocycles. The molecule has 0 aliphatic heterocycles. The van der Waals surface area contributed by atoms with Gasteiger partial charge < -0.3 is 14.0 Å². The average molecular weight is 297 g/mol. The lowest BCUT2D eigenvalue weighted by molar-refractivity contribution is 0.112. The number of aryl methyl sites for hydroxylation is 1. The Labute approximate surface area is 120 Å². The Bertz CT molecular complexity index is 612. The van der Waals surface area contributed by atoms with Gasteiger partial charge in [-0.3, -0.25) is 4.79 Å². The van der Waals surface area contributed by atoms with Gasteiger partial charge in [0.1, 0.15) is 6.29 Å². The number of carbonyl (C=O) groups is 1. The van der Waals surface area contributed by atoms with Gasteiger partial charge in [-0.15, -0.1) is 0 Å². The van der Waals surface area contributed by atoms with Crippen LogP contribution in [0.1, 0.15) is 29.0 Å². The average Bonchev–Trinajstić information content (AvgIpc) is 2.93. The zero-order valence-corrected chi connectivity index (χ0v) is 11.8. The van der Waals surface area contributed by atoms with E-state index in [-0.39, 0.29) is 11.6 Å². The first-order chi connectivity index (χ1) is 9.67. The number of benzene rings is 1. The van der Waals surface area contributed by atoms with Crippen molar-refractivity contribution in [2.75, 3.05) is 7.11 Å². The summed E-state index contributed by atoms with van der Waals surface area (Å²) in [5.41, 5.74) is 0.409. The molecule has 1 aromatic heterocycles. The van der Waals surface area contributed by atoms with Crippen molar-refractivity contribution in [3.8, 4) is 11.5 Å². The fraction of sp³-hybridized carbons (Fsp3) is 0.308. The first-order valence-electron chi connectivity index (χ1n) is 5.94. The minimum absolute atomic E-state index is 0.0972. The van der Waals surface area contributed by atoms with Crippen LogP contribution in [-0.2, 0) is 13.0 Å². The zero-order valence-electron chi connectivity index (χ0n) is 11.1. The summed E-state index contributed by atoms with van der Waals surface area (Å²) in [6.07, 6.45) is 1.34. The van der Waals surface area contributed by atoms with Gasteiger partial charge in [0.15, 0.2) is 18.1 Å². The highest BCUT2D eigenvalue weighted by atomic mass is 35.5. The van der Waals surface area contributed by atoms with Gasteiger partial charge in [-0.2, -0.15) is 4.98 Å². The summed E-state index contributed by atoms with van der Waals surface area (Å²) in [7, 11) is 1.47. The zero-order chi connectivity index (χ0) is 14.5. The highest BCUT2D eigenvalue weighted by Crippen LogP contribution is 2.36. The molecule has 20 heavy (non-hydrogen) atoms. The Kier molecular flexibility index (Phi) is 4.57. The van der Waals surface area contributed by atoms with Gasteiger partial charge in [0.05, 0.1) is 12.1 Å². The number of rotatable bonds is 6. The van der Waals surface area contributed by atoms with E-state index >= 15 is 0 Å². The SMILES string of the molecule is CCc1nc(COc2c(Cl)cc(C=O)cc2OC)no1. The minimum atomic E-state index is 0.0972. The largest absolute Gasteiger partial charge is 0.493 e. The molecule has 7 heteroatoms. The molecule has 0 atom stereocenters. The van der Waals surface area contributed by atoms with E-state index in [1.54, 1.807) is 6.07 Å². The number of methoxy groups -OCH3 is 1. The van der Waals surface area contributed by atoms with E-state index in [4.69, 9.17) is 25.6 Å². The van der Waals surface area contributed by atoms with E-state index in [0.717, 1.165) is 0 Å². The molecule has 0 saturated heterocycles. The van der Waals surface area contributed by atoms with Crippen molar-refractivity contribution in [3.63, 3.8) is 0 Å². The number of aromatic nitrogens is 2. The van der Waals surface area contributed by atoms with E-state index in [0.29, 0.717) is 41.5 Å². The summed E-state index contributed by atoms with van der Waals surface area (Å²) in [5, 5.41) is 4.05. The number of halogens is 1. The van der Waals surface area contributed by atoms with Gasteiger partial charge in [0.25, 0.3) is 0 Å². The number of hydrogen-bond acceptors (Lipinski definition) is 6. The Balaban J connectivity index is 2.18. The third kappa shape index (κ3) is 3.08. The molecule has 0 saturated carbocycles. The molecule has 106 valence electrons. The molecule has 6 nitrogen and oxygen atoms in total. The van der Waals surface area contributed by atoms with E-state index in [1.165, 1.54) is 13.2 Å². The third-order valence-corrected chi connectivity index (χ3v) is 2.83. The molecule has 0 aliphatic rings. The molecule has 2 rings (SSSR count). The second-order valence-corrected chi connectivity index (χ2v) is 4.31. The maximum Gasteiger partial charge on any atom is 0.226 e. The van der Waals surface area contributed by atoms with E-state index < -0.39 is 0 Å². The molecule has 0 amide bonds. The van der Waals surface area contributed by atoms with Crippen LogP contribution >= 0.6 is 11.6 Å². The molecular formula is C13H13ClN2O4. The fourth-order valence-corrected chi connectivity index (χ4v) is 1.85. The normalized spacial score (nSPS) is 10.3. The number of ether oxygens (including phenoxy) is 2. The van der Waals surface area contributed by atoms with Crippen molar-refractivity contribution in [2.24, 2.45) is 0 Å². The topological polar surface area (TPSA) is 74.5 Å². The second-order valence-electron chi connectivity index (χ2n) is 3.90. The Morgan fingerprint density at radius 3 is 2.85 bits per heavy atom. The van der Waals surface area contributed by atoms with Crippen LogP contribution in [0.25, 0.3) is 0 Å².